The molecule has 15 heteroatoms. The molecule has 4 aliphatic heterocycles. The van der Waals surface area contributed by atoms with E-state index < -0.39 is 23.6 Å². The van der Waals surface area contributed by atoms with Crippen LogP contribution < -0.4 is 20.9 Å². The zero-order valence-corrected chi connectivity index (χ0v) is 36.6. The first kappa shape index (κ1) is 42.6. The first-order valence-corrected chi connectivity index (χ1v) is 22.6. The van der Waals surface area contributed by atoms with Crippen molar-refractivity contribution in [3.8, 4) is 27.4 Å². The van der Waals surface area contributed by atoms with Crippen molar-refractivity contribution in [2.45, 2.75) is 97.0 Å². The van der Waals surface area contributed by atoms with E-state index in [4.69, 9.17) is 0 Å². The van der Waals surface area contributed by atoms with Gasteiger partial charge in [-0.15, -0.1) is 21.5 Å². The van der Waals surface area contributed by atoms with Crippen molar-refractivity contribution in [3.63, 3.8) is 0 Å². The summed E-state index contributed by atoms with van der Waals surface area (Å²) in [7, 11) is 0. The molecule has 6 atom stereocenters. The van der Waals surface area contributed by atoms with Crippen molar-refractivity contribution in [2.24, 2.45) is 17.3 Å². The number of β-amino-alcohol motifs (C(OH)–C–C–N with tert-alkyl or cyclic N) is 1. The van der Waals surface area contributed by atoms with E-state index in [0.717, 1.165) is 85.1 Å². The molecule has 3 saturated heterocycles. The number of aryl methyl sites for hydroxylation is 1. The Morgan fingerprint density at radius 3 is 2.41 bits per heavy atom. The van der Waals surface area contributed by atoms with Gasteiger partial charge in [-0.05, 0) is 99.2 Å². The summed E-state index contributed by atoms with van der Waals surface area (Å²) in [5.74, 6) is 1.21. The van der Waals surface area contributed by atoms with Crippen LogP contribution in [0.4, 0.5) is 11.5 Å². The number of anilines is 2. The van der Waals surface area contributed by atoms with Crippen molar-refractivity contribution in [3.05, 3.63) is 71.4 Å². The van der Waals surface area contributed by atoms with Gasteiger partial charge < -0.3 is 36.0 Å². The van der Waals surface area contributed by atoms with E-state index >= 15 is 0 Å². The number of aromatic nitrogens is 3. The number of hydrogen-bond acceptors (Lipinski definition) is 12. The lowest BCUT2D eigenvalue weighted by molar-refractivity contribution is -0.144. The van der Waals surface area contributed by atoms with Gasteiger partial charge in [0.1, 0.15) is 17.8 Å². The van der Waals surface area contributed by atoms with Crippen LogP contribution in [0, 0.1) is 24.2 Å². The van der Waals surface area contributed by atoms with Crippen LogP contribution >= 0.6 is 11.3 Å². The molecule has 0 spiro atoms. The predicted molar refractivity (Wildman–Crippen MR) is 237 cm³/mol. The highest BCUT2D eigenvalue weighted by Gasteiger charge is 2.45. The highest BCUT2D eigenvalue weighted by Crippen LogP contribution is 2.42. The summed E-state index contributed by atoms with van der Waals surface area (Å²) >= 11 is 1.59. The number of carbonyl (C=O) groups excluding carboxylic acids is 3. The number of fused-ring (bicyclic) bond motifs is 3. The predicted octanol–water partition coefficient (Wildman–Crippen LogP) is 5.37. The molecule has 0 saturated carbocycles. The molecule has 324 valence electrons. The Bertz CT molecular complexity index is 2220. The van der Waals surface area contributed by atoms with Gasteiger partial charge in [0.05, 0.1) is 46.2 Å². The molecule has 4 aliphatic rings. The van der Waals surface area contributed by atoms with Gasteiger partial charge in [-0.2, -0.15) is 0 Å². The molecule has 2 aromatic carbocycles. The Hall–Kier alpha value is -5.12. The van der Waals surface area contributed by atoms with Crippen molar-refractivity contribution in [2.75, 3.05) is 49.5 Å². The number of phenolic OH excluding ortho intramolecular Hbond substituents is 1. The van der Waals surface area contributed by atoms with E-state index in [-0.39, 0.29) is 49.0 Å². The minimum absolute atomic E-state index is 0.0277. The molecule has 6 heterocycles. The molecule has 4 aromatic rings. The average Bonchev–Trinajstić information content (AvgIpc) is 3.87. The largest absolute Gasteiger partial charge is 0.507 e. The standard InChI is InChI=1S/C46H59N9O5S/c1-27(29-10-12-31(13-11-29)41-28(2)48-26-61-41)49-44(59)38-21-34(56)24-55(38)45(60)42(46(3,4)5)50-40(58)25-53-17-14-30(15-18-53)32-16-19-54-33(20-32)23-47-43-37(54)22-36(51-52-43)35-8-6-7-9-39(35)57/h6-13,22,26-27,30,32-34,38,42,56-57H,14-21,23-25H2,1-5H3,(H,47,52)(H,49,59)(H,50,58)/t27-,32?,33-,34+,38-,42+/m0/s1. The molecule has 3 fully saturated rings. The van der Waals surface area contributed by atoms with E-state index in [9.17, 15) is 24.6 Å². The number of benzene rings is 2. The molecule has 0 radical (unpaired) electrons. The SMILES string of the molecule is Cc1ncsc1-c1ccc([C@H](C)NC(=O)[C@@H]2C[C@@H](O)CN2C(=O)[C@@H](NC(=O)CN2CCC(C3CCN4c5cc(-c6ccccc6O)nnc5NC[C@@H]4C3)CC2)C(C)(C)C)cc1. The third kappa shape index (κ3) is 9.24. The number of amides is 3. The third-order valence-corrected chi connectivity index (χ3v) is 14.2. The minimum atomic E-state index is -0.877. The van der Waals surface area contributed by atoms with E-state index in [1.54, 1.807) is 23.5 Å². The summed E-state index contributed by atoms with van der Waals surface area (Å²) in [5, 5.41) is 39.6. The molecule has 14 nitrogen and oxygen atoms in total. The van der Waals surface area contributed by atoms with Gasteiger partial charge in [0.25, 0.3) is 0 Å². The minimum Gasteiger partial charge on any atom is -0.507 e. The molecular weight excluding hydrogens is 791 g/mol. The van der Waals surface area contributed by atoms with Crippen LogP contribution in [0.25, 0.3) is 21.7 Å². The lowest BCUT2D eigenvalue weighted by atomic mass is 9.76. The van der Waals surface area contributed by atoms with Crippen LogP contribution in [-0.4, -0.2) is 116 Å². The number of aliphatic hydroxyl groups is 1. The number of aromatic hydroxyl groups is 1. The summed E-state index contributed by atoms with van der Waals surface area (Å²) < 4.78 is 0. The highest BCUT2D eigenvalue weighted by atomic mass is 32.1. The molecule has 2 aromatic heterocycles. The van der Waals surface area contributed by atoms with Gasteiger partial charge in [0.15, 0.2) is 5.82 Å². The second-order valence-corrected chi connectivity index (χ2v) is 19.3. The topological polar surface area (TPSA) is 176 Å². The van der Waals surface area contributed by atoms with E-state index in [1.807, 2.05) is 82.6 Å². The molecule has 0 aliphatic carbocycles. The van der Waals surface area contributed by atoms with Gasteiger partial charge in [-0.25, -0.2) is 4.98 Å². The van der Waals surface area contributed by atoms with E-state index in [0.29, 0.717) is 29.1 Å². The van der Waals surface area contributed by atoms with Gasteiger partial charge in [-0.3, -0.25) is 19.3 Å². The summed E-state index contributed by atoms with van der Waals surface area (Å²) in [6.45, 7) is 13.2. The van der Waals surface area contributed by atoms with Crippen LogP contribution in [0.5, 0.6) is 5.75 Å². The third-order valence-electron chi connectivity index (χ3n) is 13.3. The monoisotopic (exact) mass is 849 g/mol. The lowest BCUT2D eigenvalue weighted by Gasteiger charge is -2.47. The Morgan fingerprint density at radius 1 is 0.967 bits per heavy atom. The first-order valence-electron chi connectivity index (χ1n) is 21.7. The smallest absolute Gasteiger partial charge is 0.246 e. The number of phenols is 1. The zero-order chi connectivity index (χ0) is 43.0. The summed E-state index contributed by atoms with van der Waals surface area (Å²) in [6.07, 6.45) is 3.46. The maximum Gasteiger partial charge on any atom is 0.246 e. The summed E-state index contributed by atoms with van der Waals surface area (Å²) in [5.41, 5.74) is 6.52. The van der Waals surface area contributed by atoms with Gasteiger partial charge >= 0.3 is 0 Å². The number of para-hydroxylation sites is 1. The van der Waals surface area contributed by atoms with Crippen molar-refractivity contribution < 1.29 is 24.6 Å². The number of piperidine rings is 2. The van der Waals surface area contributed by atoms with Crippen LogP contribution in [-0.2, 0) is 14.4 Å². The number of carbonyl (C=O) groups is 3. The molecular formula is C46H59N9O5S. The number of aliphatic hydroxyl groups excluding tert-OH is 1. The fourth-order valence-corrected chi connectivity index (χ4v) is 10.6. The summed E-state index contributed by atoms with van der Waals surface area (Å²) in [4.78, 5) is 53.2. The highest BCUT2D eigenvalue weighted by molar-refractivity contribution is 7.13. The number of nitrogens with zero attached hydrogens (tertiary/aromatic N) is 6. The molecule has 0 bridgehead atoms. The number of rotatable bonds is 10. The van der Waals surface area contributed by atoms with Crippen molar-refractivity contribution in [1.82, 2.24) is 35.6 Å². The Balaban J connectivity index is 0.833. The van der Waals surface area contributed by atoms with Crippen LogP contribution in [0.15, 0.2) is 60.1 Å². The van der Waals surface area contributed by atoms with Gasteiger partial charge in [-0.1, -0.05) is 57.2 Å². The zero-order valence-electron chi connectivity index (χ0n) is 35.8. The second-order valence-electron chi connectivity index (χ2n) is 18.5. The van der Waals surface area contributed by atoms with Gasteiger partial charge in [0.2, 0.25) is 17.7 Å². The van der Waals surface area contributed by atoms with Crippen molar-refractivity contribution in [1.29, 1.82) is 0 Å². The number of nitrogens with one attached hydrogen (secondary N) is 3. The van der Waals surface area contributed by atoms with Crippen LogP contribution in [0.3, 0.4) is 0 Å². The lowest BCUT2D eigenvalue weighted by Crippen LogP contribution is -2.59. The van der Waals surface area contributed by atoms with Crippen LogP contribution in [0.2, 0.25) is 0 Å². The maximum atomic E-state index is 14.3. The quantitative estimate of drug-likeness (QED) is 0.139. The first-order chi connectivity index (χ1) is 29.2. The average molecular weight is 850 g/mol. The van der Waals surface area contributed by atoms with Crippen LogP contribution in [0.1, 0.15) is 77.1 Å². The summed E-state index contributed by atoms with van der Waals surface area (Å²) in [6, 6.07) is 15.6. The number of hydrogen-bond donors (Lipinski definition) is 5. The molecule has 5 N–H and O–H groups in total. The number of likely N-dealkylation sites (tertiary alicyclic amines) is 2. The fraction of sp³-hybridized carbons (Fsp3) is 0.522. The Morgan fingerprint density at radius 2 is 1.70 bits per heavy atom. The molecule has 8 rings (SSSR count). The van der Waals surface area contributed by atoms with E-state index in [2.05, 4.69) is 40.9 Å². The number of thiazole rings is 1. The Kier molecular flexibility index (Phi) is 12.3. The Labute approximate surface area is 362 Å². The van der Waals surface area contributed by atoms with E-state index in [1.165, 1.54) is 4.90 Å². The fourth-order valence-electron chi connectivity index (χ4n) is 9.79. The molecule has 3 amide bonds. The van der Waals surface area contributed by atoms with Gasteiger partial charge in [0, 0.05) is 37.7 Å². The van der Waals surface area contributed by atoms with Crippen molar-refractivity contribution >= 4 is 40.6 Å². The second kappa shape index (κ2) is 17.7. The molecule has 1 unspecified atom stereocenters. The molecule has 61 heavy (non-hydrogen) atoms. The maximum absolute atomic E-state index is 14.3. The normalized spacial score (nSPS) is 23.0.